The van der Waals surface area contributed by atoms with Crippen molar-refractivity contribution in [1.29, 1.82) is 0 Å². The zero-order valence-corrected chi connectivity index (χ0v) is 12.8. The van der Waals surface area contributed by atoms with Gasteiger partial charge in [0.15, 0.2) is 5.17 Å². The molecule has 2 N–H and O–H groups in total. The molecular formula is C15H11N3O4S. The van der Waals surface area contributed by atoms with Gasteiger partial charge in [0.25, 0.3) is 11.6 Å². The third kappa shape index (κ3) is 3.02. The minimum atomic E-state index is -0.426. The Morgan fingerprint density at radius 2 is 2.13 bits per heavy atom. The quantitative estimate of drug-likeness (QED) is 0.526. The van der Waals surface area contributed by atoms with Crippen molar-refractivity contribution in [2.75, 3.05) is 0 Å². The van der Waals surface area contributed by atoms with Crippen molar-refractivity contribution in [3.05, 3.63) is 56.7 Å². The standard InChI is InChI=1S/C15H11N3O4S/c1-8-6-9(2-4-11(8)18(20)21)12-5-3-10(22-12)7-13-14(19)17-15(16)23-13/h2-7H,1H3,(H2,16,17,19)/b13-7+. The molecule has 0 saturated carbocycles. The molecule has 1 aliphatic rings. The van der Waals surface area contributed by atoms with E-state index in [4.69, 9.17) is 10.2 Å². The van der Waals surface area contributed by atoms with Gasteiger partial charge in [0.2, 0.25) is 0 Å². The summed E-state index contributed by atoms with van der Waals surface area (Å²) in [5.74, 6) is 0.646. The second kappa shape index (κ2) is 5.73. The zero-order chi connectivity index (χ0) is 16.6. The number of amides is 1. The van der Waals surface area contributed by atoms with E-state index in [2.05, 4.69) is 4.99 Å². The molecule has 1 amide bonds. The van der Waals surface area contributed by atoms with E-state index in [0.29, 0.717) is 22.0 Å². The summed E-state index contributed by atoms with van der Waals surface area (Å²) in [4.78, 5) is 26.0. The van der Waals surface area contributed by atoms with Crippen molar-refractivity contribution < 1.29 is 14.1 Å². The number of amidine groups is 1. The van der Waals surface area contributed by atoms with Gasteiger partial charge in [-0.1, -0.05) is 0 Å². The molecule has 0 unspecified atom stereocenters. The average molecular weight is 329 g/mol. The van der Waals surface area contributed by atoms with Crippen LogP contribution in [0, 0.1) is 17.0 Å². The molecule has 0 bridgehead atoms. The lowest BCUT2D eigenvalue weighted by Crippen LogP contribution is -2.01. The summed E-state index contributed by atoms with van der Waals surface area (Å²) in [5, 5.41) is 11.1. The molecule has 2 aromatic rings. The Morgan fingerprint density at radius 1 is 1.35 bits per heavy atom. The number of nitrogens with two attached hydrogens (primary N) is 1. The normalized spacial score (nSPS) is 16.0. The Morgan fingerprint density at radius 3 is 2.74 bits per heavy atom. The van der Waals surface area contributed by atoms with Crippen LogP contribution < -0.4 is 5.73 Å². The molecular weight excluding hydrogens is 318 g/mol. The topological polar surface area (TPSA) is 112 Å². The van der Waals surface area contributed by atoms with Crippen molar-refractivity contribution in [3.63, 3.8) is 0 Å². The molecule has 1 aromatic heterocycles. The molecule has 0 spiro atoms. The van der Waals surface area contributed by atoms with Gasteiger partial charge in [-0.2, -0.15) is 4.99 Å². The van der Waals surface area contributed by atoms with Crippen LogP contribution in [0.15, 0.2) is 44.6 Å². The van der Waals surface area contributed by atoms with Gasteiger partial charge < -0.3 is 10.2 Å². The number of nitro groups is 1. The minimum absolute atomic E-state index is 0.0585. The number of rotatable bonds is 3. The minimum Gasteiger partial charge on any atom is -0.457 e. The number of nitro benzene ring substituents is 1. The van der Waals surface area contributed by atoms with E-state index in [1.165, 1.54) is 6.07 Å². The molecule has 0 fully saturated rings. The van der Waals surface area contributed by atoms with Crippen LogP contribution in [0.5, 0.6) is 0 Å². The van der Waals surface area contributed by atoms with E-state index in [9.17, 15) is 14.9 Å². The predicted octanol–water partition coefficient (Wildman–Crippen LogP) is 3.09. The average Bonchev–Trinajstić information content (AvgIpc) is 3.06. The summed E-state index contributed by atoms with van der Waals surface area (Å²) in [6.07, 6.45) is 1.57. The fourth-order valence-electron chi connectivity index (χ4n) is 2.15. The van der Waals surface area contributed by atoms with Crippen molar-refractivity contribution in [2.45, 2.75) is 6.92 Å². The third-order valence-electron chi connectivity index (χ3n) is 3.22. The largest absolute Gasteiger partial charge is 0.457 e. The SMILES string of the molecule is Cc1cc(-c2ccc(/C=C3/SC(N)=NC3=O)o2)ccc1[N+](=O)[O-]. The van der Waals surface area contributed by atoms with E-state index in [-0.39, 0.29) is 10.9 Å². The van der Waals surface area contributed by atoms with Crippen LogP contribution in [-0.2, 0) is 4.79 Å². The number of carbonyl (C=O) groups is 1. The summed E-state index contributed by atoms with van der Waals surface area (Å²) >= 11 is 1.09. The Balaban J connectivity index is 1.88. The van der Waals surface area contributed by atoms with Gasteiger partial charge in [0, 0.05) is 23.3 Å². The first kappa shape index (κ1) is 15.0. The number of nitrogens with zero attached hydrogens (tertiary/aromatic N) is 2. The van der Waals surface area contributed by atoms with Gasteiger partial charge in [-0.15, -0.1) is 0 Å². The molecule has 0 radical (unpaired) electrons. The molecule has 1 aliphatic heterocycles. The first-order valence-electron chi connectivity index (χ1n) is 6.57. The van der Waals surface area contributed by atoms with Crippen molar-refractivity contribution in [1.82, 2.24) is 0 Å². The van der Waals surface area contributed by atoms with Gasteiger partial charge >= 0.3 is 0 Å². The molecule has 2 heterocycles. The van der Waals surface area contributed by atoms with Gasteiger partial charge in [-0.25, -0.2) is 0 Å². The summed E-state index contributed by atoms with van der Waals surface area (Å²) in [7, 11) is 0. The van der Waals surface area contributed by atoms with E-state index in [1.54, 1.807) is 37.3 Å². The van der Waals surface area contributed by atoms with Gasteiger partial charge in [-0.3, -0.25) is 14.9 Å². The molecule has 23 heavy (non-hydrogen) atoms. The van der Waals surface area contributed by atoms with Crippen molar-refractivity contribution in [3.8, 4) is 11.3 Å². The fourth-order valence-corrected chi connectivity index (χ4v) is 2.82. The first-order chi connectivity index (χ1) is 10.9. The number of furan rings is 1. The van der Waals surface area contributed by atoms with Crippen LogP contribution in [0.25, 0.3) is 17.4 Å². The lowest BCUT2D eigenvalue weighted by atomic mass is 10.1. The molecule has 8 heteroatoms. The molecule has 3 rings (SSSR count). The van der Waals surface area contributed by atoms with Gasteiger partial charge in [0.1, 0.15) is 11.5 Å². The summed E-state index contributed by atoms with van der Waals surface area (Å²) in [6, 6.07) is 8.20. The van der Waals surface area contributed by atoms with Gasteiger partial charge in [-0.05, 0) is 43.0 Å². The summed E-state index contributed by atoms with van der Waals surface area (Å²) in [5.41, 5.74) is 6.81. The monoisotopic (exact) mass is 329 g/mol. The number of aryl methyl sites for hydroxylation is 1. The first-order valence-corrected chi connectivity index (χ1v) is 7.39. The lowest BCUT2D eigenvalue weighted by Gasteiger charge is -2.00. The Labute approximate surface area is 135 Å². The van der Waals surface area contributed by atoms with Crippen LogP contribution >= 0.6 is 11.8 Å². The number of carbonyl (C=O) groups excluding carboxylic acids is 1. The van der Waals surface area contributed by atoms with Crippen molar-refractivity contribution >= 4 is 34.6 Å². The fraction of sp³-hybridized carbons (Fsp3) is 0.0667. The highest BCUT2D eigenvalue weighted by Crippen LogP contribution is 2.30. The molecule has 0 aliphatic carbocycles. The maximum atomic E-state index is 11.5. The zero-order valence-electron chi connectivity index (χ0n) is 12.0. The number of hydrogen-bond donors (Lipinski definition) is 1. The second-order valence-corrected chi connectivity index (χ2v) is 5.89. The van der Waals surface area contributed by atoms with E-state index in [0.717, 1.165) is 17.3 Å². The molecule has 7 nitrogen and oxygen atoms in total. The smallest absolute Gasteiger partial charge is 0.286 e. The van der Waals surface area contributed by atoms with E-state index in [1.807, 2.05) is 0 Å². The van der Waals surface area contributed by atoms with Crippen LogP contribution in [-0.4, -0.2) is 16.0 Å². The van der Waals surface area contributed by atoms with E-state index >= 15 is 0 Å². The van der Waals surface area contributed by atoms with Crippen LogP contribution in [0.3, 0.4) is 0 Å². The predicted molar refractivity (Wildman–Crippen MR) is 87.7 cm³/mol. The molecule has 0 atom stereocenters. The molecule has 0 saturated heterocycles. The Hall–Kier alpha value is -2.87. The van der Waals surface area contributed by atoms with Crippen LogP contribution in [0.1, 0.15) is 11.3 Å². The molecule has 116 valence electrons. The van der Waals surface area contributed by atoms with E-state index < -0.39 is 10.8 Å². The summed E-state index contributed by atoms with van der Waals surface area (Å²) in [6.45, 7) is 1.67. The van der Waals surface area contributed by atoms with Crippen LogP contribution in [0.2, 0.25) is 0 Å². The maximum absolute atomic E-state index is 11.5. The number of thioether (sulfide) groups is 1. The highest BCUT2D eigenvalue weighted by atomic mass is 32.2. The Bertz CT molecular complexity index is 883. The number of hydrogen-bond acceptors (Lipinski definition) is 6. The maximum Gasteiger partial charge on any atom is 0.286 e. The highest BCUT2D eigenvalue weighted by Gasteiger charge is 2.20. The Kier molecular flexibility index (Phi) is 3.75. The number of aliphatic imine (C=N–C) groups is 1. The van der Waals surface area contributed by atoms with Crippen molar-refractivity contribution in [2.24, 2.45) is 10.7 Å². The number of benzene rings is 1. The summed E-state index contributed by atoms with van der Waals surface area (Å²) < 4.78 is 5.67. The second-order valence-electron chi connectivity index (χ2n) is 4.83. The van der Waals surface area contributed by atoms with Gasteiger partial charge in [0.05, 0.1) is 9.83 Å². The molecule has 1 aromatic carbocycles. The third-order valence-corrected chi connectivity index (χ3v) is 4.03. The van der Waals surface area contributed by atoms with Crippen LogP contribution in [0.4, 0.5) is 5.69 Å². The lowest BCUT2D eigenvalue weighted by molar-refractivity contribution is -0.385. The highest BCUT2D eigenvalue weighted by molar-refractivity contribution is 8.18.